The Kier molecular flexibility index (Phi) is 18.3. The summed E-state index contributed by atoms with van der Waals surface area (Å²) in [6.45, 7) is 12.1. The average Bonchev–Trinajstić information content (AvgIpc) is 2.95. The van der Waals surface area contributed by atoms with Gasteiger partial charge in [0.05, 0.1) is 14.3 Å². The minimum Gasteiger partial charge on any atom is -0.324 e. The lowest BCUT2D eigenvalue weighted by atomic mass is 10.4. The predicted molar refractivity (Wildman–Crippen MR) is 188 cm³/mol. The Bertz CT molecular complexity index is 1070. The van der Waals surface area contributed by atoms with Crippen LogP contribution in [0.4, 0.5) is 0 Å². The van der Waals surface area contributed by atoms with E-state index in [4.69, 9.17) is 0 Å². The molecule has 4 unspecified atom stereocenters. The van der Waals surface area contributed by atoms with Crippen LogP contribution in [0.2, 0.25) is 0 Å². The first-order chi connectivity index (χ1) is 19.4. The fraction of sp³-hybridized carbons (Fsp3) is 0.636. The number of unbranched alkanes of at least 4 members (excludes halogenated alkanes) is 2. The van der Waals surface area contributed by atoms with Crippen molar-refractivity contribution in [1.82, 2.24) is 0 Å². The molecule has 0 amide bonds. The lowest BCUT2D eigenvalue weighted by Crippen LogP contribution is -2.15. The molecule has 41 heavy (non-hydrogen) atoms. The van der Waals surface area contributed by atoms with Gasteiger partial charge in [-0.1, -0.05) is 101 Å². The van der Waals surface area contributed by atoms with Crippen molar-refractivity contribution in [3.05, 3.63) is 60.7 Å². The molecule has 2 rings (SSSR count). The van der Waals surface area contributed by atoms with Gasteiger partial charge in [0.25, 0.3) is 0 Å². The van der Waals surface area contributed by atoms with Crippen LogP contribution in [0.1, 0.15) is 72.6 Å². The predicted octanol–water partition coefficient (Wildman–Crippen LogP) is 10.1. The van der Waals surface area contributed by atoms with Gasteiger partial charge in [-0.2, -0.15) is 0 Å². The highest BCUT2D eigenvalue weighted by molar-refractivity contribution is 7.72. The van der Waals surface area contributed by atoms with Crippen LogP contribution < -0.4 is 10.6 Å². The second-order valence-corrected chi connectivity index (χ2v) is 25.2. The minimum atomic E-state index is -2.41. The maximum atomic E-state index is 13.7. The Morgan fingerprint density at radius 3 is 1.02 bits per heavy atom. The maximum absolute atomic E-state index is 13.7. The van der Waals surface area contributed by atoms with Gasteiger partial charge < -0.3 is 18.3 Å². The molecule has 4 nitrogen and oxygen atoms in total. The van der Waals surface area contributed by atoms with Gasteiger partial charge in [0.1, 0.15) is 14.3 Å². The molecule has 8 heteroatoms. The van der Waals surface area contributed by atoms with E-state index in [1.54, 1.807) is 0 Å². The minimum absolute atomic E-state index is 0.667. The monoisotopic (exact) mass is 642 g/mol. The Balaban J connectivity index is 0.000000509. The first-order valence-electron chi connectivity index (χ1n) is 15.8. The Morgan fingerprint density at radius 2 is 0.732 bits per heavy atom. The Hall–Kier alpha value is -0.640. The molecule has 0 bridgehead atoms. The Morgan fingerprint density at radius 1 is 0.415 bits per heavy atom. The van der Waals surface area contributed by atoms with E-state index in [2.05, 4.69) is 13.8 Å². The summed E-state index contributed by atoms with van der Waals surface area (Å²) < 4.78 is 51.3. The van der Waals surface area contributed by atoms with Crippen molar-refractivity contribution in [3.63, 3.8) is 0 Å². The highest BCUT2D eigenvalue weighted by atomic mass is 31.2. The largest absolute Gasteiger partial charge is 0.324 e. The highest BCUT2D eigenvalue weighted by Crippen LogP contribution is 2.51. The van der Waals surface area contributed by atoms with Crippen LogP contribution >= 0.6 is 28.6 Å². The molecule has 0 saturated heterocycles. The molecular formula is C33H58O4P4. The van der Waals surface area contributed by atoms with Crippen LogP contribution in [0, 0.1) is 0 Å². The Labute approximate surface area is 252 Å². The molecule has 0 aliphatic carbocycles. The third-order valence-electron chi connectivity index (χ3n) is 7.68. The summed E-state index contributed by atoms with van der Waals surface area (Å²) in [6.07, 6.45) is 12.6. The average molecular weight is 643 g/mol. The molecule has 234 valence electrons. The summed E-state index contributed by atoms with van der Waals surface area (Å²) in [6, 6.07) is 19.9. The van der Waals surface area contributed by atoms with Gasteiger partial charge in [-0.25, -0.2) is 0 Å². The summed E-state index contributed by atoms with van der Waals surface area (Å²) in [7, 11) is -8.80. The number of hydrogen-bond acceptors (Lipinski definition) is 4. The van der Waals surface area contributed by atoms with Crippen LogP contribution in [-0.2, 0) is 18.3 Å². The summed E-state index contributed by atoms with van der Waals surface area (Å²) in [5.41, 5.74) is 0. The molecule has 0 saturated carbocycles. The van der Waals surface area contributed by atoms with E-state index in [0.29, 0.717) is 24.6 Å². The third kappa shape index (κ3) is 15.1. The summed E-state index contributed by atoms with van der Waals surface area (Å²) in [4.78, 5) is 0. The molecule has 0 aromatic heterocycles. The van der Waals surface area contributed by atoms with Crippen molar-refractivity contribution in [3.8, 4) is 0 Å². The molecule has 0 aliphatic heterocycles. The summed E-state index contributed by atoms with van der Waals surface area (Å²) in [5.74, 6) is 0. The molecule has 0 fully saturated rings. The zero-order chi connectivity index (χ0) is 30.8. The lowest BCUT2D eigenvalue weighted by molar-refractivity contribution is 0.571. The van der Waals surface area contributed by atoms with Gasteiger partial charge in [-0.15, -0.1) is 0 Å². The van der Waals surface area contributed by atoms with Crippen LogP contribution in [0.15, 0.2) is 60.7 Å². The van der Waals surface area contributed by atoms with Crippen molar-refractivity contribution in [2.45, 2.75) is 72.6 Å². The molecular weight excluding hydrogens is 584 g/mol. The van der Waals surface area contributed by atoms with E-state index in [9.17, 15) is 18.3 Å². The van der Waals surface area contributed by atoms with E-state index in [1.807, 2.05) is 87.8 Å². The molecule has 0 radical (unpaired) electrons. The van der Waals surface area contributed by atoms with E-state index in [0.717, 1.165) is 80.2 Å². The number of benzene rings is 2. The maximum Gasteiger partial charge on any atom is 0.115 e. The van der Waals surface area contributed by atoms with Crippen LogP contribution in [0.25, 0.3) is 0 Å². The smallest absolute Gasteiger partial charge is 0.115 e. The van der Waals surface area contributed by atoms with Gasteiger partial charge in [-0.05, 0) is 45.4 Å². The molecule has 4 atom stereocenters. The van der Waals surface area contributed by atoms with Crippen molar-refractivity contribution in [2.75, 3.05) is 62.6 Å². The van der Waals surface area contributed by atoms with E-state index >= 15 is 0 Å². The summed E-state index contributed by atoms with van der Waals surface area (Å²) >= 11 is 0. The number of hydrogen-bond donors (Lipinski definition) is 0. The first kappa shape index (κ1) is 38.4. The van der Waals surface area contributed by atoms with Gasteiger partial charge >= 0.3 is 0 Å². The van der Waals surface area contributed by atoms with Crippen LogP contribution in [-0.4, -0.2) is 62.6 Å². The fourth-order valence-corrected chi connectivity index (χ4v) is 17.0. The van der Waals surface area contributed by atoms with Crippen LogP contribution in [0.5, 0.6) is 0 Å². The SMILES string of the molecule is CCCCP(=O)(CCCP(=O)(CCCC)c1ccccc1)c1ccccc1.CCCP(C)(=O)CCP(C)(=O)CCC. The highest BCUT2D eigenvalue weighted by Gasteiger charge is 2.28. The molecule has 0 spiro atoms. The first-order valence-corrected chi connectivity index (χ1v) is 25.0. The van der Waals surface area contributed by atoms with Gasteiger partial charge in [0, 0.05) is 59.9 Å². The van der Waals surface area contributed by atoms with Gasteiger partial charge in [0.2, 0.25) is 0 Å². The van der Waals surface area contributed by atoms with E-state index < -0.39 is 28.6 Å². The fourth-order valence-electron chi connectivity index (χ4n) is 5.14. The second kappa shape index (κ2) is 19.6. The van der Waals surface area contributed by atoms with E-state index in [1.165, 1.54) is 0 Å². The molecule has 0 heterocycles. The van der Waals surface area contributed by atoms with Crippen molar-refractivity contribution in [2.24, 2.45) is 0 Å². The topological polar surface area (TPSA) is 68.3 Å². The standard InChI is InChI=1S/C23H34O2P2.C10H24O2P2/c1-3-5-18-26(24,22-14-9-7-10-15-22)20-13-21-27(25,19-6-4-2)23-16-11-8-12-17-23;1-5-7-13(3,11)9-10-14(4,12)8-6-2/h7-12,14-17H,3-6,13,18-21H2,1-2H3;5-10H2,1-4H3. The van der Waals surface area contributed by atoms with Gasteiger partial charge in [0.15, 0.2) is 0 Å². The molecule has 2 aromatic carbocycles. The second-order valence-electron chi connectivity index (χ2n) is 11.9. The zero-order valence-corrected chi connectivity index (χ0v) is 30.4. The van der Waals surface area contributed by atoms with Gasteiger partial charge in [-0.3, -0.25) is 0 Å². The molecule has 2 aromatic rings. The lowest BCUT2D eigenvalue weighted by Gasteiger charge is -2.22. The summed E-state index contributed by atoms with van der Waals surface area (Å²) in [5, 5.41) is 1.98. The van der Waals surface area contributed by atoms with Crippen LogP contribution in [0.3, 0.4) is 0 Å². The quantitative estimate of drug-likeness (QED) is 0.143. The van der Waals surface area contributed by atoms with Crippen molar-refractivity contribution >= 4 is 39.2 Å². The third-order valence-corrected chi connectivity index (χ3v) is 19.8. The molecule has 0 N–H and O–H groups in total. The zero-order valence-electron chi connectivity index (χ0n) is 26.8. The molecule has 0 aliphatic rings. The normalized spacial score (nSPS) is 17.2. The van der Waals surface area contributed by atoms with Crippen molar-refractivity contribution < 1.29 is 18.3 Å². The van der Waals surface area contributed by atoms with Crippen molar-refractivity contribution in [1.29, 1.82) is 0 Å². The number of rotatable bonds is 19. The van der Waals surface area contributed by atoms with E-state index in [-0.39, 0.29) is 0 Å².